The Bertz CT molecular complexity index is 696. The van der Waals surface area contributed by atoms with Gasteiger partial charge in [0.25, 0.3) is 5.91 Å². The molecule has 0 heterocycles. The average molecular weight is 300 g/mol. The van der Waals surface area contributed by atoms with Crippen molar-refractivity contribution in [3.63, 3.8) is 0 Å². The second kappa shape index (κ2) is 5.93. The van der Waals surface area contributed by atoms with E-state index in [2.05, 4.69) is 0 Å². The van der Waals surface area contributed by atoms with Gasteiger partial charge in [-0.2, -0.15) is 0 Å². The number of hydrogen-bond donors (Lipinski definition) is 2. The second-order valence-corrected chi connectivity index (χ2v) is 5.24. The molecule has 2 aromatic rings. The van der Waals surface area contributed by atoms with Crippen LogP contribution in [0.5, 0.6) is 5.75 Å². The Morgan fingerprint density at radius 3 is 2.38 bits per heavy atom. The second-order valence-electron chi connectivity index (χ2n) is 4.80. The number of amides is 1. The van der Waals surface area contributed by atoms with Crippen LogP contribution in [0.25, 0.3) is 0 Å². The highest BCUT2D eigenvalue weighted by molar-refractivity contribution is 7.80. The van der Waals surface area contributed by atoms with Crippen LogP contribution >= 0.6 is 12.2 Å². The van der Waals surface area contributed by atoms with Crippen LogP contribution < -0.4 is 10.6 Å². The van der Waals surface area contributed by atoms with Crippen molar-refractivity contribution in [1.29, 1.82) is 0 Å². The molecule has 4 nitrogen and oxygen atoms in total. The fraction of sp³-hybridized carbons (Fsp3) is 0.125. The minimum absolute atomic E-state index is 0.0304. The Kier molecular flexibility index (Phi) is 4.23. The first-order chi connectivity index (χ1) is 9.90. The van der Waals surface area contributed by atoms with Crippen molar-refractivity contribution >= 4 is 28.8 Å². The van der Waals surface area contributed by atoms with Crippen molar-refractivity contribution in [2.75, 3.05) is 11.9 Å². The number of rotatable bonds is 3. The molecule has 108 valence electrons. The fourth-order valence-electron chi connectivity index (χ4n) is 1.97. The largest absolute Gasteiger partial charge is 0.507 e. The zero-order valence-electron chi connectivity index (χ0n) is 11.8. The Morgan fingerprint density at radius 2 is 1.81 bits per heavy atom. The third kappa shape index (κ3) is 3.20. The van der Waals surface area contributed by atoms with E-state index in [1.807, 2.05) is 6.92 Å². The highest BCUT2D eigenvalue weighted by atomic mass is 32.1. The molecule has 0 unspecified atom stereocenters. The van der Waals surface area contributed by atoms with Gasteiger partial charge in [0.1, 0.15) is 10.7 Å². The number of phenols is 1. The van der Waals surface area contributed by atoms with Gasteiger partial charge in [-0.05, 0) is 43.3 Å². The van der Waals surface area contributed by atoms with E-state index in [0.29, 0.717) is 10.7 Å². The van der Waals surface area contributed by atoms with Crippen molar-refractivity contribution in [3.8, 4) is 5.75 Å². The van der Waals surface area contributed by atoms with Gasteiger partial charge < -0.3 is 15.7 Å². The molecular weight excluding hydrogens is 284 g/mol. The number of benzene rings is 2. The number of carbonyl (C=O) groups excluding carboxylic acids is 1. The Morgan fingerprint density at radius 1 is 1.19 bits per heavy atom. The highest BCUT2D eigenvalue weighted by Crippen LogP contribution is 2.23. The predicted octanol–water partition coefficient (Wildman–Crippen LogP) is 2.61. The van der Waals surface area contributed by atoms with Crippen LogP contribution in [-0.2, 0) is 0 Å². The molecule has 5 heteroatoms. The number of carbonyl (C=O) groups is 1. The molecule has 3 N–H and O–H groups in total. The zero-order chi connectivity index (χ0) is 15.6. The van der Waals surface area contributed by atoms with E-state index in [0.717, 1.165) is 11.1 Å². The van der Waals surface area contributed by atoms with Crippen LogP contribution in [0.2, 0.25) is 0 Å². The molecule has 2 rings (SSSR count). The standard InChI is InChI=1S/C16H16N2O2S/c1-10-3-8-14(19)13(9-10)16(20)18(2)12-6-4-11(5-7-12)15(17)21/h3-9,19H,1-2H3,(H2,17,21). The quantitative estimate of drug-likeness (QED) is 0.855. The summed E-state index contributed by atoms with van der Waals surface area (Å²) in [7, 11) is 1.65. The summed E-state index contributed by atoms with van der Waals surface area (Å²) in [4.78, 5) is 14.2. The molecule has 0 aliphatic rings. The molecule has 0 aliphatic carbocycles. The number of phenolic OH excluding ortho intramolecular Hbond substituents is 1. The molecule has 0 bridgehead atoms. The van der Waals surface area contributed by atoms with Crippen molar-refractivity contribution in [3.05, 3.63) is 59.2 Å². The number of nitrogens with two attached hydrogens (primary N) is 1. The Labute approximate surface area is 128 Å². The summed E-state index contributed by atoms with van der Waals surface area (Å²) in [6.45, 7) is 1.87. The molecule has 0 aromatic heterocycles. The smallest absolute Gasteiger partial charge is 0.261 e. The van der Waals surface area contributed by atoms with Crippen LogP contribution in [0.3, 0.4) is 0 Å². The Balaban J connectivity index is 2.30. The van der Waals surface area contributed by atoms with Gasteiger partial charge >= 0.3 is 0 Å². The monoisotopic (exact) mass is 300 g/mol. The molecule has 2 aromatic carbocycles. The predicted molar refractivity (Wildman–Crippen MR) is 87.9 cm³/mol. The van der Waals surface area contributed by atoms with E-state index in [1.54, 1.807) is 43.4 Å². The van der Waals surface area contributed by atoms with E-state index in [9.17, 15) is 9.90 Å². The van der Waals surface area contributed by atoms with Gasteiger partial charge in [0.15, 0.2) is 0 Å². The minimum atomic E-state index is -0.278. The van der Waals surface area contributed by atoms with Crippen molar-refractivity contribution < 1.29 is 9.90 Å². The summed E-state index contributed by atoms with van der Waals surface area (Å²) in [6, 6.07) is 12.0. The lowest BCUT2D eigenvalue weighted by atomic mass is 10.1. The maximum Gasteiger partial charge on any atom is 0.261 e. The van der Waals surface area contributed by atoms with Gasteiger partial charge in [0, 0.05) is 18.3 Å². The summed E-state index contributed by atoms with van der Waals surface area (Å²) in [5, 5.41) is 9.84. The van der Waals surface area contributed by atoms with Crippen molar-refractivity contribution in [2.24, 2.45) is 5.73 Å². The van der Waals surface area contributed by atoms with Crippen LogP contribution in [0.4, 0.5) is 5.69 Å². The first kappa shape index (κ1) is 15.0. The number of nitrogens with zero attached hydrogens (tertiary/aromatic N) is 1. The van der Waals surface area contributed by atoms with Gasteiger partial charge in [0.2, 0.25) is 0 Å². The van der Waals surface area contributed by atoms with Gasteiger partial charge in [-0.1, -0.05) is 23.8 Å². The minimum Gasteiger partial charge on any atom is -0.507 e. The summed E-state index contributed by atoms with van der Waals surface area (Å²) in [5.74, 6) is -0.309. The summed E-state index contributed by atoms with van der Waals surface area (Å²) in [6.07, 6.45) is 0. The van der Waals surface area contributed by atoms with E-state index >= 15 is 0 Å². The molecule has 21 heavy (non-hydrogen) atoms. The third-order valence-electron chi connectivity index (χ3n) is 3.23. The maximum atomic E-state index is 12.5. The number of aryl methyl sites for hydroxylation is 1. The van der Waals surface area contributed by atoms with E-state index < -0.39 is 0 Å². The van der Waals surface area contributed by atoms with E-state index in [4.69, 9.17) is 18.0 Å². The van der Waals surface area contributed by atoms with Gasteiger partial charge in [-0.25, -0.2) is 0 Å². The molecule has 0 radical (unpaired) electrons. The molecule has 1 amide bonds. The number of hydrogen-bond acceptors (Lipinski definition) is 3. The van der Waals surface area contributed by atoms with Crippen molar-refractivity contribution in [1.82, 2.24) is 0 Å². The van der Waals surface area contributed by atoms with Gasteiger partial charge in [-0.3, -0.25) is 4.79 Å². The normalized spacial score (nSPS) is 10.2. The summed E-state index contributed by atoms with van der Waals surface area (Å²) >= 11 is 4.89. The van der Waals surface area contributed by atoms with Crippen molar-refractivity contribution in [2.45, 2.75) is 6.92 Å². The lowest BCUT2D eigenvalue weighted by Gasteiger charge is -2.18. The molecule has 0 atom stereocenters. The first-order valence-corrected chi connectivity index (χ1v) is 6.78. The number of anilines is 1. The molecule has 0 fully saturated rings. The van der Waals surface area contributed by atoms with E-state index in [-0.39, 0.29) is 17.2 Å². The topological polar surface area (TPSA) is 66.6 Å². The molecule has 0 saturated carbocycles. The van der Waals surface area contributed by atoms with Crippen LogP contribution in [-0.4, -0.2) is 23.0 Å². The van der Waals surface area contributed by atoms with Gasteiger partial charge in [-0.15, -0.1) is 0 Å². The molecule has 0 spiro atoms. The molecule has 0 aliphatic heterocycles. The lowest BCUT2D eigenvalue weighted by molar-refractivity contribution is 0.0990. The maximum absolute atomic E-state index is 12.5. The lowest BCUT2D eigenvalue weighted by Crippen LogP contribution is -2.26. The third-order valence-corrected chi connectivity index (χ3v) is 3.46. The summed E-state index contributed by atoms with van der Waals surface area (Å²) < 4.78 is 0. The molecular formula is C16H16N2O2S. The molecule has 0 saturated heterocycles. The highest BCUT2D eigenvalue weighted by Gasteiger charge is 2.17. The Hall–Kier alpha value is -2.40. The number of aromatic hydroxyl groups is 1. The zero-order valence-corrected chi connectivity index (χ0v) is 12.6. The van der Waals surface area contributed by atoms with Crippen LogP contribution in [0.1, 0.15) is 21.5 Å². The SMILES string of the molecule is Cc1ccc(O)c(C(=O)N(C)c2ccc(C(N)=S)cc2)c1. The average Bonchev–Trinajstić information content (AvgIpc) is 2.48. The van der Waals surface area contributed by atoms with E-state index in [1.165, 1.54) is 11.0 Å². The first-order valence-electron chi connectivity index (χ1n) is 6.37. The number of thiocarbonyl (C=S) groups is 1. The van der Waals surface area contributed by atoms with Crippen LogP contribution in [0.15, 0.2) is 42.5 Å². The summed E-state index contributed by atoms with van der Waals surface area (Å²) in [5.41, 5.74) is 8.17. The van der Waals surface area contributed by atoms with Crippen LogP contribution in [0, 0.1) is 6.92 Å². The fourth-order valence-corrected chi connectivity index (χ4v) is 2.10. The van der Waals surface area contributed by atoms with Gasteiger partial charge in [0.05, 0.1) is 5.56 Å².